The number of ether oxygens (including phenoxy) is 1. The van der Waals surface area contributed by atoms with Crippen molar-refractivity contribution < 1.29 is 14.3 Å². The average Bonchev–Trinajstić information content (AvgIpc) is 2.13. The minimum atomic E-state index is -0.552. The lowest BCUT2D eigenvalue weighted by Gasteiger charge is -2.23. The van der Waals surface area contributed by atoms with Crippen LogP contribution in [-0.4, -0.2) is 23.8 Å². The molecule has 5 heteroatoms. The van der Waals surface area contributed by atoms with Gasteiger partial charge in [-0.15, -0.1) is 0 Å². The number of rotatable bonds is 4. The quantitative estimate of drug-likeness (QED) is 0.566. The maximum Gasteiger partial charge on any atom is 0.409 e. The summed E-state index contributed by atoms with van der Waals surface area (Å²) in [7, 11) is 0. The zero-order valence-electron chi connectivity index (χ0n) is 10.3. The summed E-state index contributed by atoms with van der Waals surface area (Å²) in [5, 5.41) is 5.11. The average molecular weight is 228 g/mol. The van der Waals surface area contributed by atoms with Crippen LogP contribution >= 0.6 is 0 Å². The number of alkyl carbamates (subject to hydrolysis) is 1. The van der Waals surface area contributed by atoms with Crippen molar-refractivity contribution >= 4 is 12.0 Å². The van der Waals surface area contributed by atoms with Gasteiger partial charge in [-0.2, -0.15) is 0 Å². The van der Waals surface area contributed by atoms with E-state index in [2.05, 4.69) is 17.2 Å². The number of carbonyl (C=O) groups excluding carboxylic acids is 2. The summed E-state index contributed by atoms with van der Waals surface area (Å²) in [5.74, 6) is -0.331. The standard InChI is InChI=1S/C11H20N2O3/c1-6-8(12-9(14)7-2)13-10(15)16-11(3,4)5/h7-8H,2,6H2,1,3-5H3,(H,12,14)(H,13,15). The van der Waals surface area contributed by atoms with Gasteiger partial charge in [-0.3, -0.25) is 4.79 Å². The molecule has 0 aliphatic heterocycles. The second-order valence-electron chi connectivity index (χ2n) is 4.32. The Morgan fingerprint density at radius 3 is 2.31 bits per heavy atom. The summed E-state index contributed by atoms with van der Waals surface area (Å²) in [6.07, 6.45) is 0.724. The van der Waals surface area contributed by atoms with Crippen molar-refractivity contribution in [2.24, 2.45) is 0 Å². The Morgan fingerprint density at radius 1 is 1.38 bits per heavy atom. The van der Waals surface area contributed by atoms with E-state index in [1.807, 2.05) is 6.92 Å². The Hall–Kier alpha value is -1.52. The van der Waals surface area contributed by atoms with Crippen LogP contribution in [0.1, 0.15) is 34.1 Å². The van der Waals surface area contributed by atoms with Gasteiger partial charge in [0.25, 0.3) is 0 Å². The molecule has 0 bridgehead atoms. The maximum absolute atomic E-state index is 11.4. The molecule has 0 aromatic carbocycles. The molecule has 0 radical (unpaired) electrons. The highest BCUT2D eigenvalue weighted by atomic mass is 16.6. The number of hydrogen-bond donors (Lipinski definition) is 2. The van der Waals surface area contributed by atoms with Crippen molar-refractivity contribution in [3.8, 4) is 0 Å². The summed E-state index contributed by atoms with van der Waals surface area (Å²) >= 11 is 0. The fourth-order valence-electron chi connectivity index (χ4n) is 0.921. The fourth-order valence-corrected chi connectivity index (χ4v) is 0.921. The normalized spacial score (nSPS) is 12.5. The van der Waals surface area contributed by atoms with Gasteiger partial charge in [0, 0.05) is 0 Å². The van der Waals surface area contributed by atoms with Gasteiger partial charge in [0.15, 0.2) is 0 Å². The monoisotopic (exact) mass is 228 g/mol. The van der Waals surface area contributed by atoms with Crippen LogP contribution in [0.5, 0.6) is 0 Å². The summed E-state index contributed by atoms with van der Waals surface area (Å²) in [5.41, 5.74) is -0.551. The minimum Gasteiger partial charge on any atom is -0.444 e. The molecule has 5 nitrogen and oxygen atoms in total. The summed E-state index contributed by atoms with van der Waals surface area (Å²) in [6.45, 7) is 10.5. The molecule has 2 N–H and O–H groups in total. The first-order valence-corrected chi connectivity index (χ1v) is 5.21. The SMILES string of the molecule is C=CC(=O)NC(CC)NC(=O)OC(C)(C)C. The zero-order valence-corrected chi connectivity index (χ0v) is 10.3. The molecular formula is C11H20N2O3. The molecule has 0 saturated heterocycles. The number of hydrogen-bond acceptors (Lipinski definition) is 3. The lowest BCUT2D eigenvalue weighted by Crippen LogP contribution is -2.48. The Balaban J connectivity index is 4.17. The molecule has 0 aromatic heterocycles. The van der Waals surface area contributed by atoms with Gasteiger partial charge in [-0.05, 0) is 33.3 Å². The predicted molar refractivity (Wildman–Crippen MR) is 61.8 cm³/mol. The molecule has 16 heavy (non-hydrogen) atoms. The minimum absolute atomic E-state index is 0.331. The molecule has 1 unspecified atom stereocenters. The Morgan fingerprint density at radius 2 is 1.94 bits per heavy atom. The van der Waals surface area contributed by atoms with Crippen LogP contribution < -0.4 is 10.6 Å². The number of amides is 2. The highest BCUT2D eigenvalue weighted by Crippen LogP contribution is 2.06. The van der Waals surface area contributed by atoms with Crippen LogP contribution in [0.25, 0.3) is 0 Å². The van der Waals surface area contributed by atoms with Crippen molar-refractivity contribution in [2.75, 3.05) is 0 Å². The molecule has 2 amide bonds. The third-order valence-corrected chi connectivity index (χ3v) is 1.60. The van der Waals surface area contributed by atoms with Crippen LogP contribution in [0.3, 0.4) is 0 Å². The third kappa shape index (κ3) is 6.86. The molecule has 92 valence electrons. The van der Waals surface area contributed by atoms with E-state index in [9.17, 15) is 9.59 Å². The zero-order chi connectivity index (χ0) is 12.8. The third-order valence-electron chi connectivity index (χ3n) is 1.60. The maximum atomic E-state index is 11.4. The number of nitrogens with one attached hydrogen (secondary N) is 2. The molecule has 1 atom stereocenters. The van der Waals surface area contributed by atoms with Crippen LogP contribution in [0.15, 0.2) is 12.7 Å². The second-order valence-corrected chi connectivity index (χ2v) is 4.32. The molecule has 0 aromatic rings. The van der Waals surface area contributed by atoms with Gasteiger partial charge in [0.2, 0.25) is 5.91 Å². The Kier molecular flexibility index (Phi) is 5.56. The molecule has 0 rings (SSSR count). The topological polar surface area (TPSA) is 67.4 Å². The van der Waals surface area contributed by atoms with Crippen molar-refractivity contribution in [2.45, 2.75) is 45.9 Å². The van der Waals surface area contributed by atoms with E-state index in [1.54, 1.807) is 20.8 Å². The highest BCUT2D eigenvalue weighted by molar-refractivity contribution is 5.87. The van der Waals surface area contributed by atoms with Crippen molar-refractivity contribution in [3.63, 3.8) is 0 Å². The Labute approximate surface area is 96.2 Å². The molecular weight excluding hydrogens is 208 g/mol. The van der Waals surface area contributed by atoms with Crippen molar-refractivity contribution in [3.05, 3.63) is 12.7 Å². The molecule has 0 aliphatic carbocycles. The molecule has 0 spiro atoms. The van der Waals surface area contributed by atoms with Crippen molar-refractivity contribution in [1.82, 2.24) is 10.6 Å². The van der Waals surface area contributed by atoms with Crippen LogP contribution in [0, 0.1) is 0 Å². The first-order valence-electron chi connectivity index (χ1n) is 5.21. The molecule has 0 heterocycles. The first-order chi connectivity index (χ1) is 7.28. The second kappa shape index (κ2) is 6.15. The molecule has 0 saturated carbocycles. The lowest BCUT2D eigenvalue weighted by atomic mass is 10.2. The predicted octanol–water partition coefficient (Wildman–Crippen LogP) is 1.55. The molecule has 0 aliphatic rings. The van der Waals surface area contributed by atoms with Crippen LogP contribution in [0.2, 0.25) is 0 Å². The highest BCUT2D eigenvalue weighted by Gasteiger charge is 2.18. The summed E-state index contributed by atoms with van der Waals surface area (Å²) < 4.78 is 5.06. The fraction of sp³-hybridized carbons (Fsp3) is 0.636. The van der Waals surface area contributed by atoms with E-state index in [-0.39, 0.29) is 5.91 Å². The van der Waals surface area contributed by atoms with Crippen molar-refractivity contribution in [1.29, 1.82) is 0 Å². The smallest absolute Gasteiger partial charge is 0.409 e. The summed E-state index contributed by atoms with van der Waals surface area (Å²) in [4.78, 5) is 22.4. The van der Waals surface area contributed by atoms with Gasteiger partial charge in [0.1, 0.15) is 11.8 Å². The van der Waals surface area contributed by atoms with Crippen LogP contribution in [-0.2, 0) is 9.53 Å². The van der Waals surface area contributed by atoms with Gasteiger partial charge in [-0.1, -0.05) is 13.5 Å². The summed E-state index contributed by atoms with van der Waals surface area (Å²) in [6, 6.07) is 0. The van der Waals surface area contributed by atoms with E-state index in [0.29, 0.717) is 6.42 Å². The van der Waals surface area contributed by atoms with E-state index >= 15 is 0 Å². The van der Waals surface area contributed by atoms with Gasteiger partial charge in [-0.25, -0.2) is 4.79 Å². The van der Waals surface area contributed by atoms with E-state index < -0.39 is 17.9 Å². The largest absolute Gasteiger partial charge is 0.444 e. The van der Waals surface area contributed by atoms with Crippen LogP contribution in [0.4, 0.5) is 4.79 Å². The number of carbonyl (C=O) groups is 2. The van der Waals surface area contributed by atoms with Gasteiger partial charge >= 0.3 is 6.09 Å². The van der Waals surface area contributed by atoms with E-state index in [1.165, 1.54) is 0 Å². The van der Waals surface area contributed by atoms with Gasteiger partial charge < -0.3 is 15.4 Å². The lowest BCUT2D eigenvalue weighted by molar-refractivity contribution is -0.117. The van der Waals surface area contributed by atoms with E-state index in [0.717, 1.165) is 6.08 Å². The Bertz CT molecular complexity index is 269. The van der Waals surface area contributed by atoms with Gasteiger partial charge in [0.05, 0.1) is 0 Å². The van der Waals surface area contributed by atoms with E-state index in [4.69, 9.17) is 4.74 Å². The first kappa shape index (κ1) is 14.5. The molecule has 0 fully saturated rings.